The SMILES string of the molecule is CC(C)c1cc(CCN(C)C)nn(C)c1=O. The number of hydrogen-bond donors (Lipinski definition) is 0. The molecule has 0 aliphatic carbocycles. The molecule has 0 N–H and O–H groups in total. The van der Waals surface area contributed by atoms with Crippen LogP contribution in [0, 0.1) is 0 Å². The van der Waals surface area contributed by atoms with Crippen molar-refractivity contribution in [3.8, 4) is 0 Å². The minimum absolute atomic E-state index is 0.0172. The summed E-state index contributed by atoms with van der Waals surface area (Å²) in [6.07, 6.45) is 0.876. The van der Waals surface area contributed by atoms with Gasteiger partial charge in [-0.1, -0.05) is 13.8 Å². The fourth-order valence-electron chi connectivity index (χ4n) is 1.57. The van der Waals surface area contributed by atoms with Crippen molar-refractivity contribution in [3.63, 3.8) is 0 Å². The van der Waals surface area contributed by atoms with Gasteiger partial charge in [-0.25, -0.2) is 4.68 Å². The van der Waals surface area contributed by atoms with E-state index in [1.807, 2.05) is 34.0 Å². The first-order valence-electron chi connectivity index (χ1n) is 5.63. The zero-order valence-electron chi connectivity index (χ0n) is 10.8. The molecule has 0 bridgehead atoms. The van der Waals surface area contributed by atoms with E-state index in [4.69, 9.17) is 0 Å². The second-order valence-corrected chi connectivity index (χ2v) is 4.73. The van der Waals surface area contributed by atoms with Gasteiger partial charge >= 0.3 is 0 Å². The molecule has 1 aromatic rings. The van der Waals surface area contributed by atoms with Crippen LogP contribution in [0.4, 0.5) is 0 Å². The van der Waals surface area contributed by atoms with Crippen LogP contribution in [0.15, 0.2) is 10.9 Å². The van der Waals surface area contributed by atoms with Crippen molar-refractivity contribution in [1.29, 1.82) is 0 Å². The molecule has 0 saturated heterocycles. The van der Waals surface area contributed by atoms with E-state index >= 15 is 0 Å². The Morgan fingerprint density at radius 2 is 2.06 bits per heavy atom. The van der Waals surface area contributed by atoms with Gasteiger partial charge < -0.3 is 4.90 Å². The predicted molar refractivity (Wildman–Crippen MR) is 65.8 cm³/mol. The van der Waals surface area contributed by atoms with Crippen LogP contribution < -0.4 is 5.56 Å². The molecule has 1 rings (SSSR count). The molecule has 1 heterocycles. The van der Waals surface area contributed by atoms with Gasteiger partial charge in [0.2, 0.25) is 0 Å². The number of hydrogen-bond acceptors (Lipinski definition) is 3. The molecule has 0 radical (unpaired) electrons. The Labute approximate surface area is 96.9 Å². The quantitative estimate of drug-likeness (QED) is 0.764. The van der Waals surface area contributed by atoms with Crippen molar-refractivity contribution in [1.82, 2.24) is 14.7 Å². The van der Waals surface area contributed by atoms with Crippen molar-refractivity contribution >= 4 is 0 Å². The summed E-state index contributed by atoms with van der Waals surface area (Å²) < 4.78 is 1.44. The lowest BCUT2D eigenvalue weighted by molar-refractivity contribution is 0.409. The van der Waals surface area contributed by atoms with Crippen LogP contribution >= 0.6 is 0 Å². The van der Waals surface area contributed by atoms with Crippen LogP contribution in [0.1, 0.15) is 31.0 Å². The second-order valence-electron chi connectivity index (χ2n) is 4.73. The Bertz CT molecular complexity index is 407. The van der Waals surface area contributed by atoms with Gasteiger partial charge in [0.1, 0.15) is 0 Å². The highest BCUT2D eigenvalue weighted by atomic mass is 16.1. The third-order valence-electron chi connectivity index (χ3n) is 2.58. The molecule has 0 fully saturated rings. The van der Waals surface area contributed by atoms with Gasteiger partial charge in [-0.05, 0) is 26.1 Å². The van der Waals surface area contributed by atoms with Crippen molar-refractivity contribution in [3.05, 3.63) is 27.7 Å². The minimum atomic E-state index is 0.0172. The highest BCUT2D eigenvalue weighted by Gasteiger charge is 2.09. The first-order chi connectivity index (χ1) is 7.41. The smallest absolute Gasteiger partial charge is 0.269 e. The fraction of sp³-hybridized carbons (Fsp3) is 0.667. The first kappa shape index (κ1) is 12.9. The van der Waals surface area contributed by atoms with Crippen LogP contribution in [-0.2, 0) is 13.5 Å². The monoisotopic (exact) mass is 223 g/mol. The molecular weight excluding hydrogens is 202 g/mol. The summed E-state index contributed by atoms with van der Waals surface area (Å²) in [6.45, 7) is 5.02. The minimum Gasteiger partial charge on any atom is -0.309 e. The standard InChI is InChI=1S/C12H21N3O/c1-9(2)11-8-10(6-7-14(3)4)13-15(5)12(11)16/h8-9H,6-7H2,1-5H3. The van der Waals surface area contributed by atoms with Crippen molar-refractivity contribution < 1.29 is 0 Å². The largest absolute Gasteiger partial charge is 0.309 e. The molecule has 0 aromatic carbocycles. The topological polar surface area (TPSA) is 38.1 Å². The van der Waals surface area contributed by atoms with Gasteiger partial charge in [0.25, 0.3) is 5.56 Å². The zero-order chi connectivity index (χ0) is 12.3. The molecule has 4 heteroatoms. The molecule has 4 nitrogen and oxygen atoms in total. The van der Waals surface area contributed by atoms with E-state index < -0.39 is 0 Å². The summed E-state index contributed by atoms with van der Waals surface area (Å²) in [7, 11) is 5.78. The molecule has 0 atom stereocenters. The molecular formula is C12H21N3O. The molecule has 0 aliphatic rings. The van der Waals surface area contributed by atoms with E-state index in [2.05, 4.69) is 10.00 Å². The normalized spacial score (nSPS) is 11.4. The average molecular weight is 223 g/mol. The van der Waals surface area contributed by atoms with Crippen molar-refractivity contribution in [2.24, 2.45) is 7.05 Å². The number of likely N-dealkylation sites (N-methyl/N-ethyl adjacent to an activating group) is 1. The maximum Gasteiger partial charge on any atom is 0.269 e. The second kappa shape index (κ2) is 5.25. The summed E-state index contributed by atoms with van der Waals surface area (Å²) in [5, 5.41) is 4.27. The van der Waals surface area contributed by atoms with E-state index in [-0.39, 0.29) is 11.5 Å². The summed E-state index contributed by atoms with van der Waals surface area (Å²) >= 11 is 0. The zero-order valence-corrected chi connectivity index (χ0v) is 10.8. The molecule has 0 aliphatic heterocycles. The van der Waals surface area contributed by atoms with Crippen LogP contribution in [0.5, 0.6) is 0 Å². The Hall–Kier alpha value is -1.16. The van der Waals surface area contributed by atoms with Crippen molar-refractivity contribution in [2.45, 2.75) is 26.2 Å². The maximum absolute atomic E-state index is 11.8. The van der Waals surface area contributed by atoms with Gasteiger partial charge in [0.15, 0.2) is 0 Å². The summed E-state index contributed by atoms with van der Waals surface area (Å²) in [4.78, 5) is 13.9. The first-order valence-corrected chi connectivity index (χ1v) is 5.63. The van der Waals surface area contributed by atoms with Crippen LogP contribution in [-0.4, -0.2) is 35.3 Å². The maximum atomic E-state index is 11.8. The van der Waals surface area contributed by atoms with E-state index in [1.165, 1.54) is 4.68 Å². The Morgan fingerprint density at radius 3 is 2.56 bits per heavy atom. The number of rotatable bonds is 4. The van der Waals surface area contributed by atoms with Gasteiger partial charge in [0.05, 0.1) is 5.69 Å². The summed E-state index contributed by atoms with van der Waals surface area (Å²) in [5.74, 6) is 0.250. The van der Waals surface area contributed by atoms with E-state index in [1.54, 1.807) is 7.05 Å². The Balaban J connectivity index is 3.00. The van der Waals surface area contributed by atoms with Gasteiger partial charge in [-0.2, -0.15) is 5.10 Å². The Kier molecular flexibility index (Phi) is 4.24. The molecule has 0 spiro atoms. The van der Waals surface area contributed by atoms with Gasteiger partial charge in [0, 0.05) is 25.6 Å². The molecule has 90 valence electrons. The average Bonchev–Trinajstić information content (AvgIpc) is 2.19. The summed E-state index contributed by atoms with van der Waals surface area (Å²) in [6, 6.07) is 1.94. The number of aryl methyl sites for hydroxylation is 1. The lowest BCUT2D eigenvalue weighted by Gasteiger charge is -2.12. The van der Waals surface area contributed by atoms with E-state index in [0.717, 1.165) is 24.2 Å². The van der Waals surface area contributed by atoms with Crippen LogP contribution in [0.25, 0.3) is 0 Å². The highest BCUT2D eigenvalue weighted by molar-refractivity contribution is 5.17. The molecule has 0 amide bonds. The number of nitrogens with zero attached hydrogens (tertiary/aromatic N) is 3. The lowest BCUT2D eigenvalue weighted by atomic mass is 10.0. The van der Waals surface area contributed by atoms with Crippen LogP contribution in [0.3, 0.4) is 0 Å². The van der Waals surface area contributed by atoms with E-state index in [9.17, 15) is 4.79 Å². The van der Waals surface area contributed by atoms with Crippen molar-refractivity contribution in [2.75, 3.05) is 20.6 Å². The molecule has 0 unspecified atom stereocenters. The van der Waals surface area contributed by atoms with E-state index in [0.29, 0.717) is 0 Å². The van der Waals surface area contributed by atoms with Gasteiger partial charge in [-0.15, -0.1) is 0 Å². The third kappa shape index (κ3) is 3.17. The molecule has 1 aromatic heterocycles. The fourth-order valence-corrected chi connectivity index (χ4v) is 1.57. The number of aromatic nitrogens is 2. The highest BCUT2D eigenvalue weighted by Crippen LogP contribution is 2.10. The Morgan fingerprint density at radius 1 is 1.44 bits per heavy atom. The third-order valence-corrected chi connectivity index (χ3v) is 2.58. The van der Waals surface area contributed by atoms with Gasteiger partial charge in [-0.3, -0.25) is 4.79 Å². The predicted octanol–water partition coefficient (Wildman–Crippen LogP) is 1.01. The molecule has 0 saturated carbocycles. The summed E-state index contributed by atoms with van der Waals surface area (Å²) in [5.41, 5.74) is 1.86. The molecule has 16 heavy (non-hydrogen) atoms. The lowest BCUT2D eigenvalue weighted by Crippen LogP contribution is -2.26. The van der Waals surface area contributed by atoms with Crippen LogP contribution in [0.2, 0.25) is 0 Å².